The first kappa shape index (κ1) is 16.2. The van der Waals surface area contributed by atoms with Crippen molar-refractivity contribution in [2.24, 2.45) is 0 Å². The summed E-state index contributed by atoms with van der Waals surface area (Å²) in [5.41, 5.74) is 2.27. The molecule has 0 N–H and O–H groups in total. The first-order valence-corrected chi connectivity index (χ1v) is 7.68. The van der Waals surface area contributed by atoms with E-state index < -0.39 is 0 Å². The van der Waals surface area contributed by atoms with Crippen molar-refractivity contribution in [1.82, 2.24) is 9.80 Å². The average Bonchev–Trinajstić information content (AvgIpc) is 2.83. The van der Waals surface area contributed by atoms with E-state index in [-0.39, 0.29) is 43.5 Å². The zero-order chi connectivity index (χ0) is 16.1. The van der Waals surface area contributed by atoms with Crippen LogP contribution in [0.3, 0.4) is 0 Å². The van der Waals surface area contributed by atoms with Crippen LogP contribution in [0.25, 0.3) is 0 Å². The summed E-state index contributed by atoms with van der Waals surface area (Å²) >= 11 is 0. The lowest BCUT2D eigenvalue weighted by Crippen LogP contribution is -2.36. The molecule has 1 saturated heterocycles. The molecule has 5 nitrogen and oxygen atoms in total. The van der Waals surface area contributed by atoms with Crippen molar-refractivity contribution in [2.75, 3.05) is 13.1 Å². The summed E-state index contributed by atoms with van der Waals surface area (Å²) in [4.78, 5) is 38.4. The SMILES string of the molecule is CCN(Cc1ccccc1C)C(=O)CCN1C(=O)CCC1=O. The largest absolute Gasteiger partial charge is 0.339 e. The minimum absolute atomic E-state index is 0.0294. The lowest BCUT2D eigenvalue weighted by molar-refractivity contribution is -0.139. The van der Waals surface area contributed by atoms with E-state index in [1.165, 1.54) is 4.90 Å². The summed E-state index contributed by atoms with van der Waals surface area (Å²) in [6.45, 7) is 5.32. The molecule has 1 heterocycles. The van der Waals surface area contributed by atoms with Crippen LogP contribution < -0.4 is 0 Å². The molecule has 0 aromatic heterocycles. The van der Waals surface area contributed by atoms with E-state index in [1.54, 1.807) is 4.90 Å². The minimum Gasteiger partial charge on any atom is -0.339 e. The van der Waals surface area contributed by atoms with Gasteiger partial charge in [0.25, 0.3) is 0 Å². The molecule has 1 aliphatic heterocycles. The van der Waals surface area contributed by atoms with Gasteiger partial charge < -0.3 is 4.90 Å². The Morgan fingerprint density at radius 1 is 1.18 bits per heavy atom. The van der Waals surface area contributed by atoms with Crippen LogP contribution in [-0.4, -0.2) is 40.6 Å². The molecule has 1 aromatic carbocycles. The van der Waals surface area contributed by atoms with Crippen LogP contribution in [0, 0.1) is 6.92 Å². The lowest BCUT2D eigenvalue weighted by atomic mass is 10.1. The van der Waals surface area contributed by atoms with Crippen LogP contribution in [0.5, 0.6) is 0 Å². The Bertz CT molecular complexity index is 567. The van der Waals surface area contributed by atoms with Gasteiger partial charge in [-0.3, -0.25) is 19.3 Å². The van der Waals surface area contributed by atoms with Crippen LogP contribution in [0.1, 0.15) is 37.3 Å². The summed E-state index contributed by atoms with van der Waals surface area (Å²) in [6.07, 6.45) is 0.735. The highest BCUT2D eigenvalue weighted by atomic mass is 16.2. The fraction of sp³-hybridized carbons (Fsp3) is 0.471. The van der Waals surface area contributed by atoms with E-state index in [2.05, 4.69) is 0 Å². The van der Waals surface area contributed by atoms with E-state index in [9.17, 15) is 14.4 Å². The van der Waals surface area contributed by atoms with Crippen molar-refractivity contribution in [3.8, 4) is 0 Å². The number of imide groups is 1. The van der Waals surface area contributed by atoms with E-state index in [0.29, 0.717) is 13.1 Å². The van der Waals surface area contributed by atoms with Gasteiger partial charge in [-0.25, -0.2) is 0 Å². The maximum absolute atomic E-state index is 12.3. The summed E-state index contributed by atoms with van der Waals surface area (Å²) in [6, 6.07) is 7.97. The predicted molar refractivity (Wildman–Crippen MR) is 82.8 cm³/mol. The molecule has 0 spiro atoms. The second-order valence-electron chi connectivity index (χ2n) is 5.52. The molecule has 1 aromatic rings. The highest BCUT2D eigenvalue weighted by Crippen LogP contribution is 2.14. The molecular formula is C17H22N2O3. The van der Waals surface area contributed by atoms with Gasteiger partial charge in [-0.1, -0.05) is 24.3 Å². The van der Waals surface area contributed by atoms with Crippen LogP contribution >= 0.6 is 0 Å². The number of nitrogens with zero attached hydrogens (tertiary/aromatic N) is 2. The van der Waals surface area contributed by atoms with Gasteiger partial charge in [0.15, 0.2) is 0 Å². The third kappa shape index (κ3) is 3.72. The van der Waals surface area contributed by atoms with Crippen molar-refractivity contribution >= 4 is 17.7 Å². The van der Waals surface area contributed by atoms with Crippen molar-refractivity contribution < 1.29 is 14.4 Å². The number of hydrogen-bond acceptors (Lipinski definition) is 3. The lowest BCUT2D eigenvalue weighted by Gasteiger charge is -2.23. The first-order chi connectivity index (χ1) is 10.5. The summed E-state index contributed by atoms with van der Waals surface area (Å²) in [7, 11) is 0. The zero-order valence-corrected chi connectivity index (χ0v) is 13.2. The van der Waals surface area contributed by atoms with Gasteiger partial charge in [0, 0.05) is 38.9 Å². The van der Waals surface area contributed by atoms with E-state index in [1.807, 2.05) is 38.1 Å². The quantitative estimate of drug-likeness (QED) is 0.754. The topological polar surface area (TPSA) is 57.7 Å². The highest BCUT2D eigenvalue weighted by Gasteiger charge is 2.29. The molecule has 0 radical (unpaired) electrons. The van der Waals surface area contributed by atoms with Crippen molar-refractivity contribution in [2.45, 2.75) is 39.7 Å². The second-order valence-corrected chi connectivity index (χ2v) is 5.52. The molecule has 3 amide bonds. The molecule has 118 valence electrons. The van der Waals surface area contributed by atoms with Gasteiger partial charge >= 0.3 is 0 Å². The Hall–Kier alpha value is -2.17. The average molecular weight is 302 g/mol. The molecule has 0 saturated carbocycles. The van der Waals surface area contributed by atoms with Crippen molar-refractivity contribution in [1.29, 1.82) is 0 Å². The van der Waals surface area contributed by atoms with Gasteiger partial charge in [0.05, 0.1) is 0 Å². The van der Waals surface area contributed by atoms with Crippen LogP contribution in [0.4, 0.5) is 0 Å². The molecular weight excluding hydrogens is 280 g/mol. The third-order valence-corrected chi connectivity index (χ3v) is 4.06. The molecule has 0 unspecified atom stereocenters. The summed E-state index contributed by atoms with van der Waals surface area (Å²) < 4.78 is 0. The molecule has 1 aliphatic rings. The normalized spacial score (nSPS) is 14.5. The number of carbonyl (C=O) groups excluding carboxylic acids is 3. The number of rotatable bonds is 6. The summed E-state index contributed by atoms with van der Waals surface area (Å²) in [5.74, 6) is -0.363. The van der Waals surface area contributed by atoms with E-state index in [4.69, 9.17) is 0 Å². The molecule has 2 rings (SSSR count). The maximum Gasteiger partial charge on any atom is 0.229 e. The van der Waals surface area contributed by atoms with Crippen molar-refractivity contribution in [3.05, 3.63) is 35.4 Å². The monoisotopic (exact) mass is 302 g/mol. The summed E-state index contributed by atoms with van der Waals surface area (Å²) in [5, 5.41) is 0. The zero-order valence-electron chi connectivity index (χ0n) is 13.2. The first-order valence-electron chi connectivity index (χ1n) is 7.68. The van der Waals surface area contributed by atoms with Crippen LogP contribution in [0.2, 0.25) is 0 Å². The standard InChI is InChI=1S/C17H22N2O3/c1-3-18(12-14-7-5-4-6-13(14)2)15(20)10-11-19-16(21)8-9-17(19)22/h4-7H,3,8-12H2,1-2H3. The molecule has 0 atom stereocenters. The molecule has 1 fully saturated rings. The van der Waals surface area contributed by atoms with E-state index >= 15 is 0 Å². The van der Waals surface area contributed by atoms with Crippen molar-refractivity contribution in [3.63, 3.8) is 0 Å². The molecule has 0 aliphatic carbocycles. The molecule has 5 heteroatoms. The van der Waals surface area contributed by atoms with Gasteiger partial charge in [-0.05, 0) is 25.0 Å². The number of benzene rings is 1. The Labute approximate surface area is 130 Å². The second kappa shape index (κ2) is 7.20. The Balaban J connectivity index is 1.93. The fourth-order valence-corrected chi connectivity index (χ4v) is 2.61. The number of likely N-dealkylation sites (tertiary alicyclic amines) is 1. The number of aryl methyl sites for hydroxylation is 1. The Morgan fingerprint density at radius 2 is 1.82 bits per heavy atom. The maximum atomic E-state index is 12.3. The highest BCUT2D eigenvalue weighted by molar-refractivity contribution is 6.02. The number of carbonyl (C=O) groups is 3. The number of hydrogen-bond donors (Lipinski definition) is 0. The van der Waals surface area contributed by atoms with Crippen LogP contribution in [-0.2, 0) is 20.9 Å². The molecule has 22 heavy (non-hydrogen) atoms. The molecule has 0 bridgehead atoms. The van der Waals surface area contributed by atoms with Crippen LogP contribution in [0.15, 0.2) is 24.3 Å². The van der Waals surface area contributed by atoms with Gasteiger partial charge in [0.1, 0.15) is 0 Å². The van der Waals surface area contributed by atoms with Gasteiger partial charge in [-0.15, -0.1) is 0 Å². The number of amides is 3. The third-order valence-electron chi connectivity index (χ3n) is 4.06. The Morgan fingerprint density at radius 3 is 2.41 bits per heavy atom. The predicted octanol–water partition coefficient (Wildman–Crippen LogP) is 1.88. The fourth-order valence-electron chi connectivity index (χ4n) is 2.61. The van der Waals surface area contributed by atoms with Gasteiger partial charge in [-0.2, -0.15) is 0 Å². The smallest absolute Gasteiger partial charge is 0.229 e. The minimum atomic E-state index is -0.167. The Kier molecular flexibility index (Phi) is 5.31. The van der Waals surface area contributed by atoms with Gasteiger partial charge in [0.2, 0.25) is 17.7 Å². The van der Waals surface area contributed by atoms with E-state index in [0.717, 1.165) is 11.1 Å².